The van der Waals surface area contributed by atoms with Crippen LogP contribution in [0.3, 0.4) is 0 Å². The average Bonchev–Trinajstić information content (AvgIpc) is 2.89. The summed E-state index contributed by atoms with van der Waals surface area (Å²) in [7, 11) is 0. The summed E-state index contributed by atoms with van der Waals surface area (Å²) in [4.78, 5) is 26.3. The summed E-state index contributed by atoms with van der Waals surface area (Å²) in [5, 5.41) is 0. The van der Waals surface area contributed by atoms with Crippen LogP contribution in [0.2, 0.25) is 0 Å². The number of benzene rings is 2. The van der Waals surface area contributed by atoms with E-state index in [0.29, 0.717) is 20.5 Å². The van der Waals surface area contributed by atoms with Crippen LogP contribution in [0.25, 0.3) is 6.08 Å². The monoisotopic (exact) mass is 379 g/mol. The number of thioether (sulfide) groups is 1. The van der Waals surface area contributed by atoms with Crippen LogP contribution in [0.4, 0.5) is 5.69 Å². The van der Waals surface area contributed by atoms with Gasteiger partial charge in [0.2, 0.25) is 0 Å². The zero-order chi connectivity index (χ0) is 18.7. The Kier molecular flexibility index (Phi) is 5.49. The number of ketones is 1. The third kappa shape index (κ3) is 4.00. The van der Waals surface area contributed by atoms with Gasteiger partial charge in [0, 0.05) is 5.56 Å². The molecule has 0 N–H and O–H groups in total. The maximum atomic E-state index is 12.8. The molecule has 2 aromatic carbocycles. The molecule has 3 nitrogen and oxygen atoms in total. The number of hydrogen-bond acceptors (Lipinski definition) is 4. The van der Waals surface area contributed by atoms with Gasteiger partial charge in [-0.1, -0.05) is 60.4 Å². The number of nitrogens with zero attached hydrogens (tertiary/aromatic N) is 1. The van der Waals surface area contributed by atoms with Crippen molar-refractivity contribution in [3.05, 3.63) is 82.3 Å². The number of thiocarbonyl (C=S) groups is 1. The summed E-state index contributed by atoms with van der Waals surface area (Å²) in [6.07, 6.45) is 3.88. The van der Waals surface area contributed by atoms with Crippen molar-refractivity contribution < 1.29 is 9.59 Å². The van der Waals surface area contributed by atoms with E-state index < -0.39 is 0 Å². The molecule has 0 spiro atoms. The summed E-state index contributed by atoms with van der Waals surface area (Å²) in [5.74, 6) is -0.153. The Labute approximate surface area is 162 Å². The topological polar surface area (TPSA) is 37.4 Å². The lowest BCUT2D eigenvalue weighted by molar-refractivity contribution is -0.113. The van der Waals surface area contributed by atoms with E-state index in [1.807, 2.05) is 49.4 Å². The molecule has 1 aliphatic rings. The molecule has 0 radical (unpaired) electrons. The minimum absolute atomic E-state index is 0.0106. The predicted molar refractivity (Wildman–Crippen MR) is 112 cm³/mol. The maximum absolute atomic E-state index is 12.8. The van der Waals surface area contributed by atoms with Gasteiger partial charge in [0.25, 0.3) is 5.91 Å². The molecule has 0 saturated carbocycles. The molecular formula is C21H17NO2S2. The molecule has 130 valence electrons. The Hall–Kier alpha value is -2.50. The first-order chi connectivity index (χ1) is 12.5. The van der Waals surface area contributed by atoms with Crippen LogP contribution >= 0.6 is 24.0 Å². The molecule has 5 heteroatoms. The van der Waals surface area contributed by atoms with Crippen molar-refractivity contribution in [3.63, 3.8) is 0 Å². The van der Waals surface area contributed by atoms with Crippen LogP contribution in [0.1, 0.15) is 29.8 Å². The second-order valence-corrected chi connectivity index (χ2v) is 7.59. The van der Waals surface area contributed by atoms with Gasteiger partial charge in [-0.15, -0.1) is 0 Å². The molecule has 0 bridgehead atoms. The fourth-order valence-electron chi connectivity index (χ4n) is 2.60. The van der Waals surface area contributed by atoms with Crippen molar-refractivity contribution in [2.75, 3.05) is 4.90 Å². The lowest BCUT2D eigenvalue weighted by Crippen LogP contribution is -2.27. The lowest BCUT2D eigenvalue weighted by Gasteiger charge is -2.14. The van der Waals surface area contributed by atoms with Gasteiger partial charge in [0.05, 0.1) is 10.6 Å². The van der Waals surface area contributed by atoms with Gasteiger partial charge in [0.1, 0.15) is 0 Å². The van der Waals surface area contributed by atoms with Crippen LogP contribution < -0.4 is 4.90 Å². The summed E-state index contributed by atoms with van der Waals surface area (Å²) < 4.78 is 0.490. The second kappa shape index (κ2) is 7.81. The molecule has 1 heterocycles. The standard InChI is InChI=1S/C21H17NO2S2/c1-14(12-16-6-4-3-5-7-16)13-19-20(24)22(21(25)26-19)18-10-8-17(9-11-18)15(2)23/h3-13H,1-2H3/b14-12+,19-13-. The average molecular weight is 380 g/mol. The minimum atomic E-state index is -0.142. The van der Waals surface area contributed by atoms with Crippen LogP contribution in [0.5, 0.6) is 0 Å². The van der Waals surface area contributed by atoms with E-state index in [0.717, 1.165) is 11.1 Å². The van der Waals surface area contributed by atoms with Crippen LogP contribution in [0, 0.1) is 0 Å². The van der Waals surface area contributed by atoms with Crippen molar-refractivity contribution in [3.8, 4) is 0 Å². The summed E-state index contributed by atoms with van der Waals surface area (Å²) >= 11 is 6.67. The summed E-state index contributed by atoms with van der Waals surface area (Å²) in [6.45, 7) is 3.47. The first kappa shape index (κ1) is 18.3. The van der Waals surface area contributed by atoms with Gasteiger partial charge >= 0.3 is 0 Å². The number of anilines is 1. The first-order valence-electron chi connectivity index (χ1n) is 8.08. The van der Waals surface area contributed by atoms with Gasteiger partial charge < -0.3 is 0 Å². The Morgan fingerprint density at radius 1 is 1.04 bits per heavy atom. The van der Waals surface area contributed by atoms with Crippen LogP contribution in [-0.4, -0.2) is 16.0 Å². The Morgan fingerprint density at radius 3 is 2.31 bits per heavy atom. The quantitative estimate of drug-likeness (QED) is 0.413. The highest BCUT2D eigenvalue weighted by molar-refractivity contribution is 8.27. The third-order valence-electron chi connectivity index (χ3n) is 3.88. The van der Waals surface area contributed by atoms with Crippen molar-refractivity contribution in [2.45, 2.75) is 13.8 Å². The van der Waals surface area contributed by atoms with E-state index >= 15 is 0 Å². The molecule has 0 unspecified atom stereocenters. The first-order valence-corrected chi connectivity index (χ1v) is 9.30. The fourth-order valence-corrected chi connectivity index (χ4v) is 3.94. The van der Waals surface area contributed by atoms with E-state index in [1.54, 1.807) is 24.3 Å². The highest BCUT2D eigenvalue weighted by atomic mass is 32.2. The molecule has 2 aromatic rings. The number of amides is 1. The van der Waals surface area contributed by atoms with Gasteiger partial charge in [-0.2, -0.15) is 0 Å². The predicted octanol–water partition coefficient (Wildman–Crippen LogP) is 5.24. The summed E-state index contributed by atoms with van der Waals surface area (Å²) in [5.41, 5.74) is 3.34. The molecule has 1 aliphatic heterocycles. The molecule has 1 fully saturated rings. The van der Waals surface area contributed by atoms with Gasteiger partial charge in [-0.05, 0) is 55.3 Å². The van der Waals surface area contributed by atoms with Gasteiger partial charge in [-0.3, -0.25) is 14.5 Å². The Bertz CT molecular complexity index is 928. The highest BCUT2D eigenvalue weighted by Crippen LogP contribution is 2.35. The molecule has 1 amide bonds. The van der Waals surface area contributed by atoms with Gasteiger partial charge in [0.15, 0.2) is 10.1 Å². The van der Waals surface area contributed by atoms with Crippen molar-refractivity contribution in [1.82, 2.24) is 0 Å². The Balaban J connectivity index is 1.84. The SMILES string of the molecule is CC(=O)c1ccc(N2C(=O)/C(=C/C(C)=C/c3ccccc3)SC2=S)cc1. The number of carbonyl (C=O) groups excluding carboxylic acids is 2. The third-order valence-corrected chi connectivity index (χ3v) is 5.18. The zero-order valence-corrected chi connectivity index (χ0v) is 16.1. The number of Topliss-reactive ketones (excluding diaryl/α,β-unsaturated/α-hetero) is 1. The van der Waals surface area contributed by atoms with Crippen LogP contribution in [-0.2, 0) is 4.79 Å². The van der Waals surface area contributed by atoms with E-state index in [2.05, 4.69) is 0 Å². The molecule has 0 aromatic heterocycles. The highest BCUT2D eigenvalue weighted by Gasteiger charge is 2.33. The number of carbonyl (C=O) groups is 2. The molecule has 1 saturated heterocycles. The van der Waals surface area contributed by atoms with Crippen molar-refractivity contribution >= 4 is 51.8 Å². The normalized spacial score (nSPS) is 16.5. The lowest BCUT2D eigenvalue weighted by atomic mass is 10.1. The Morgan fingerprint density at radius 2 is 1.69 bits per heavy atom. The van der Waals surface area contributed by atoms with Gasteiger partial charge in [-0.25, -0.2) is 0 Å². The van der Waals surface area contributed by atoms with Crippen molar-refractivity contribution in [2.24, 2.45) is 0 Å². The second-order valence-electron chi connectivity index (χ2n) is 5.92. The zero-order valence-electron chi connectivity index (χ0n) is 14.4. The van der Waals surface area contributed by atoms with Crippen molar-refractivity contribution in [1.29, 1.82) is 0 Å². The van der Waals surface area contributed by atoms with E-state index in [9.17, 15) is 9.59 Å². The van der Waals surface area contributed by atoms with E-state index in [-0.39, 0.29) is 11.7 Å². The van der Waals surface area contributed by atoms with E-state index in [4.69, 9.17) is 12.2 Å². The maximum Gasteiger partial charge on any atom is 0.270 e. The molecule has 0 aliphatic carbocycles. The van der Waals surface area contributed by atoms with Crippen LogP contribution in [0.15, 0.2) is 71.2 Å². The minimum Gasteiger partial charge on any atom is -0.295 e. The largest absolute Gasteiger partial charge is 0.295 e. The smallest absolute Gasteiger partial charge is 0.270 e. The number of hydrogen-bond donors (Lipinski definition) is 0. The molecule has 26 heavy (non-hydrogen) atoms. The summed E-state index contributed by atoms with van der Waals surface area (Å²) in [6, 6.07) is 16.9. The number of rotatable bonds is 4. The molecular weight excluding hydrogens is 362 g/mol. The number of allylic oxidation sites excluding steroid dienone is 2. The molecule has 3 rings (SSSR count). The van der Waals surface area contributed by atoms with E-state index in [1.165, 1.54) is 23.6 Å². The fraction of sp³-hybridized carbons (Fsp3) is 0.0952. The molecule has 0 atom stereocenters.